The zero-order valence-electron chi connectivity index (χ0n) is 4.72. The lowest BCUT2D eigenvalue weighted by Crippen LogP contribution is -2.54. The van der Waals surface area contributed by atoms with Gasteiger partial charge in [0, 0.05) is 0 Å². The molecule has 1 aliphatic rings. The summed E-state index contributed by atoms with van der Waals surface area (Å²) in [4.78, 5) is -0.0417. The summed E-state index contributed by atoms with van der Waals surface area (Å²) >= 11 is 1.67. The van der Waals surface area contributed by atoms with Gasteiger partial charge in [-0.15, -0.1) is 24.2 Å². The molecule has 0 aromatic carbocycles. The molecule has 0 unspecified atom stereocenters. The third-order valence-corrected chi connectivity index (χ3v) is 2.15. The number of halogens is 1. The van der Waals surface area contributed by atoms with Crippen LogP contribution in [0.15, 0.2) is 0 Å². The van der Waals surface area contributed by atoms with Gasteiger partial charge in [-0.2, -0.15) is 0 Å². The van der Waals surface area contributed by atoms with E-state index in [2.05, 4.69) is 0 Å². The molecule has 50 valence electrons. The third kappa shape index (κ3) is 1.52. The van der Waals surface area contributed by atoms with Crippen LogP contribution in [0.3, 0.4) is 0 Å². The molecule has 1 aliphatic heterocycles. The molecule has 4 heteroatoms. The van der Waals surface area contributed by atoms with Gasteiger partial charge < -0.3 is 10.5 Å². The van der Waals surface area contributed by atoms with E-state index in [0.717, 1.165) is 0 Å². The lowest BCUT2D eigenvalue weighted by Gasteiger charge is -2.35. The molecule has 2 N–H and O–H groups in total. The Bertz CT molecular complexity index is 70.9. The van der Waals surface area contributed by atoms with Crippen molar-refractivity contribution in [1.29, 1.82) is 0 Å². The minimum absolute atomic E-state index is 0. The number of rotatable bonds is 1. The van der Waals surface area contributed by atoms with Crippen LogP contribution >= 0.6 is 24.2 Å². The van der Waals surface area contributed by atoms with Crippen LogP contribution in [0.25, 0.3) is 0 Å². The van der Waals surface area contributed by atoms with E-state index in [0.29, 0.717) is 13.2 Å². The van der Waals surface area contributed by atoms with E-state index in [1.165, 1.54) is 0 Å². The van der Waals surface area contributed by atoms with Crippen LogP contribution < -0.4 is 5.73 Å². The van der Waals surface area contributed by atoms with Gasteiger partial charge in [0.25, 0.3) is 0 Å². The maximum absolute atomic E-state index is 5.64. The van der Waals surface area contributed by atoms with Gasteiger partial charge in [-0.25, -0.2) is 0 Å². The first kappa shape index (κ1) is 8.56. The Morgan fingerprint density at radius 3 is 2.12 bits per heavy atom. The lowest BCUT2D eigenvalue weighted by molar-refractivity contribution is -0.00543. The smallest absolute Gasteiger partial charge is 0.109 e. The maximum Gasteiger partial charge on any atom is 0.109 e. The van der Waals surface area contributed by atoms with Gasteiger partial charge in [0.05, 0.1) is 13.2 Å². The molecule has 0 radical (unpaired) electrons. The average molecular weight is 156 g/mol. The van der Waals surface area contributed by atoms with Gasteiger partial charge in [0.1, 0.15) is 4.87 Å². The van der Waals surface area contributed by atoms with E-state index in [9.17, 15) is 0 Å². The molecule has 0 spiro atoms. The van der Waals surface area contributed by atoms with Crippen LogP contribution in [0.4, 0.5) is 0 Å². The summed E-state index contributed by atoms with van der Waals surface area (Å²) in [6, 6.07) is 0. The molecule has 2 nitrogen and oxygen atoms in total. The molecule has 1 saturated heterocycles. The van der Waals surface area contributed by atoms with Crippen molar-refractivity contribution in [3.63, 3.8) is 0 Å². The topological polar surface area (TPSA) is 35.2 Å². The fraction of sp³-hybridized carbons (Fsp3) is 1.00. The molecule has 0 aromatic rings. The van der Waals surface area contributed by atoms with Gasteiger partial charge >= 0.3 is 0 Å². The molecule has 1 rings (SSSR count). The van der Waals surface area contributed by atoms with Crippen LogP contribution in [0.1, 0.15) is 0 Å². The Hall–Kier alpha value is 0.560. The first-order chi connectivity index (χ1) is 3.27. The van der Waals surface area contributed by atoms with Crippen LogP contribution in [-0.2, 0) is 4.74 Å². The Balaban J connectivity index is 0.000000490. The predicted octanol–water partition coefficient (Wildman–Crippen LogP) is 0.456. The summed E-state index contributed by atoms with van der Waals surface area (Å²) in [7, 11) is 0. The second-order valence-electron chi connectivity index (χ2n) is 1.76. The normalized spacial score (nSPS) is 23.2. The molecular formula is C4H10ClNOS. The van der Waals surface area contributed by atoms with E-state index in [4.69, 9.17) is 10.5 Å². The molecule has 0 bridgehead atoms. The summed E-state index contributed by atoms with van der Waals surface area (Å²) in [5, 5.41) is 0. The zero-order valence-corrected chi connectivity index (χ0v) is 6.35. The highest BCUT2D eigenvalue weighted by Gasteiger charge is 2.32. The Labute approximate surface area is 59.6 Å². The fourth-order valence-corrected chi connectivity index (χ4v) is 0.823. The molecule has 0 atom stereocenters. The first-order valence-corrected chi connectivity index (χ1v) is 3.41. The Morgan fingerprint density at radius 1 is 1.62 bits per heavy atom. The van der Waals surface area contributed by atoms with Gasteiger partial charge in [-0.3, -0.25) is 0 Å². The third-order valence-electron chi connectivity index (χ3n) is 1.10. The van der Waals surface area contributed by atoms with E-state index in [1.807, 2.05) is 6.26 Å². The van der Waals surface area contributed by atoms with Gasteiger partial charge in [0.2, 0.25) is 0 Å². The minimum Gasteiger partial charge on any atom is -0.376 e. The SMILES string of the molecule is CSC1(N)COC1.Cl. The molecular weight excluding hydrogens is 146 g/mol. The highest BCUT2D eigenvalue weighted by Crippen LogP contribution is 2.23. The van der Waals surface area contributed by atoms with Crippen molar-refractivity contribution >= 4 is 24.2 Å². The molecule has 8 heavy (non-hydrogen) atoms. The quantitative estimate of drug-likeness (QED) is 0.559. The first-order valence-electron chi connectivity index (χ1n) is 2.19. The van der Waals surface area contributed by atoms with Crippen LogP contribution in [0.5, 0.6) is 0 Å². The summed E-state index contributed by atoms with van der Waals surface area (Å²) in [6.45, 7) is 1.43. The summed E-state index contributed by atoms with van der Waals surface area (Å²) in [5.74, 6) is 0. The molecule has 0 aromatic heterocycles. The number of hydrogen-bond acceptors (Lipinski definition) is 3. The fourth-order valence-electron chi connectivity index (χ4n) is 0.421. The van der Waals surface area contributed by atoms with E-state index in [-0.39, 0.29) is 17.3 Å². The maximum atomic E-state index is 5.64. The highest BCUT2D eigenvalue weighted by molar-refractivity contribution is 8.00. The van der Waals surface area contributed by atoms with Gasteiger partial charge in [-0.1, -0.05) is 0 Å². The molecule has 1 heterocycles. The molecule has 0 amide bonds. The van der Waals surface area contributed by atoms with Crippen molar-refractivity contribution in [2.24, 2.45) is 5.73 Å². The number of nitrogens with two attached hydrogens (primary N) is 1. The number of thioether (sulfide) groups is 1. The van der Waals surface area contributed by atoms with Crippen molar-refractivity contribution in [2.45, 2.75) is 4.87 Å². The summed E-state index contributed by atoms with van der Waals surface area (Å²) in [6.07, 6.45) is 2.00. The zero-order chi connectivity index (χ0) is 5.33. The second-order valence-corrected chi connectivity index (χ2v) is 2.98. The summed E-state index contributed by atoms with van der Waals surface area (Å²) < 4.78 is 4.88. The van der Waals surface area contributed by atoms with Crippen molar-refractivity contribution in [2.75, 3.05) is 19.5 Å². The van der Waals surface area contributed by atoms with Crippen LogP contribution in [0, 0.1) is 0 Å². The second kappa shape index (κ2) is 2.92. The Kier molecular flexibility index (Phi) is 3.12. The largest absolute Gasteiger partial charge is 0.376 e. The Morgan fingerprint density at radius 2 is 2.12 bits per heavy atom. The van der Waals surface area contributed by atoms with E-state index in [1.54, 1.807) is 11.8 Å². The van der Waals surface area contributed by atoms with Crippen molar-refractivity contribution in [1.82, 2.24) is 0 Å². The number of ether oxygens (including phenoxy) is 1. The van der Waals surface area contributed by atoms with Crippen LogP contribution in [-0.4, -0.2) is 24.3 Å². The monoisotopic (exact) mass is 155 g/mol. The lowest BCUT2D eigenvalue weighted by atomic mass is 10.3. The molecule has 0 saturated carbocycles. The standard InChI is InChI=1S/C4H9NOS.ClH/c1-7-4(5)2-6-3-4;/h2-3,5H2,1H3;1H. The van der Waals surface area contributed by atoms with Crippen molar-refractivity contribution < 1.29 is 4.74 Å². The van der Waals surface area contributed by atoms with Gasteiger partial charge in [-0.05, 0) is 6.26 Å². The molecule has 1 fully saturated rings. The molecule has 0 aliphatic carbocycles. The minimum atomic E-state index is -0.0417. The number of hydrogen-bond donors (Lipinski definition) is 1. The van der Waals surface area contributed by atoms with Crippen molar-refractivity contribution in [3.05, 3.63) is 0 Å². The van der Waals surface area contributed by atoms with E-state index >= 15 is 0 Å². The average Bonchev–Trinajstić information content (AvgIpc) is 1.61. The van der Waals surface area contributed by atoms with Crippen molar-refractivity contribution in [3.8, 4) is 0 Å². The van der Waals surface area contributed by atoms with Gasteiger partial charge in [0.15, 0.2) is 0 Å². The highest BCUT2D eigenvalue weighted by atomic mass is 35.5. The van der Waals surface area contributed by atoms with Crippen LogP contribution in [0.2, 0.25) is 0 Å². The van der Waals surface area contributed by atoms with E-state index < -0.39 is 0 Å². The summed E-state index contributed by atoms with van der Waals surface area (Å²) in [5.41, 5.74) is 5.64. The predicted molar refractivity (Wildman–Crippen MR) is 38.5 cm³/mol.